The van der Waals surface area contributed by atoms with Crippen LogP contribution in [-0.4, -0.2) is 19.3 Å². The lowest BCUT2D eigenvalue weighted by Gasteiger charge is -2.18. The average molecular weight is 436 g/mol. The molecule has 0 aliphatic heterocycles. The second-order valence-electron chi connectivity index (χ2n) is 8.30. The van der Waals surface area contributed by atoms with E-state index in [1.165, 1.54) is 0 Å². The second kappa shape index (κ2) is 8.06. The zero-order valence-corrected chi connectivity index (χ0v) is 19.1. The highest BCUT2D eigenvalue weighted by Gasteiger charge is 2.19. The normalized spacial score (nSPS) is 11.2. The van der Waals surface area contributed by atoms with E-state index in [1.807, 2.05) is 74.5 Å². The van der Waals surface area contributed by atoms with Crippen LogP contribution in [0.25, 0.3) is 22.4 Å². The highest BCUT2D eigenvalue weighted by Crippen LogP contribution is 2.26. The summed E-state index contributed by atoms with van der Waals surface area (Å²) in [5, 5.41) is 8.40. The molecule has 5 rings (SSSR count). The fourth-order valence-electron chi connectivity index (χ4n) is 4.02. The van der Waals surface area contributed by atoms with Gasteiger partial charge < -0.3 is 5.32 Å². The molecule has 0 aliphatic rings. The Morgan fingerprint density at radius 2 is 1.48 bits per heavy atom. The molecule has 2 heterocycles. The Labute approximate surface area is 192 Å². The lowest BCUT2D eigenvalue weighted by atomic mass is 10.1. The fourth-order valence-corrected chi connectivity index (χ4v) is 4.02. The van der Waals surface area contributed by atoms with Gasteiger partial charge in [-0.25, -0.2) is 9.25 Å². The number of fused-ring (bicyclic) bond motifs is 1. The quantitative estimate of drug-likeness (QED) is 0.402. The summed E-state index contributed by atoms with van der Waals surface area (Å²) in [4.78, 5) is 18.8. The van der Waals surface area contributed by atoms with Gasteiger partial charge in [0.2, 0.25) is 5.95 Å². The van der Waals surface area contributed by atoms with Crippen molar-refractivity contribution < 1.29 is 0 Å². The standard InChI is InChI=1S/C27H25N5O/c1-17-10-8-14-23(19(17)3)29-27-30-25-22(16-28-32(25)21-12-6-5-7-13-21)26(33)31(27)24-15-9-11-18(2)20(24)4/h5-16H,1-4H3,(H,29,30). The van der Waals surface area contributed by atoms with Gasteiger partial charge in [-0.1, -0.05) is 42.5 Å². The van der Waals surface area contributed by atoms with Gasteiger partial charge in [-0.2, -0.15) is 10.1 Å². The minimum absolute atomic E-state index is 0.163. The van der Waals surface area contributed by atoms with Gasteiger partial charge in [0.15, 0.2) is 5.65 Å². The molecule has 0 saturated carbocycles. The SMILES string of the molecule is Cc1cccc(Nc2nc3c(cnn3-c3ccccc3)c(=O)n2-c2cccc(C)c2C)c1C. The first-order valence-electron chi connectivity index (χ1n) is 10.9. The molecule has 0 fully saturated rings. The first-order chi connectivity index (χ1) is 16.0. The maximum absolute atomic E-state index is 13.8. The third-order valence-corrected chi connectivity index (χ3v) is 6.27. The smallest absolute Gasteiger partial charge is 0.270 e. The van der Waals surface area contributed by atoms with Crippen LogP contribution >= 0.6 is 0 Å². The van der Waals surface area contributed by atoms with Crippen molar-refractivity contribution in [3.8, 4) is 11.4 Å². The molecule has 0 amide bonds. The number of aryl methyl sites for hydroxylation is 2. The van der Waals surface area contributed by atoms with Crippen LogP contribution in [0.1, 0.15) is 22.3 Å². The minimum Gasteiger partial charge on any atom is -0.325 e. The van der Waals surface area contributed by atoms with Gasteiger partial charge in [0.1, 0.15) is 5.39 Å². The number of aromatic nitrogens is 4. The number of nitrogens with zero attached hydrogens (tertiary/aromatic N) is 4. The van der Waals surface area contributed by atoms with E-state index >= 15 is 0 Å². The molecule has 33 heavy (non-hydrogen) atoms. The van der Waals surface area contributed by atoms with Gasteiger partial charge in [-0.3, -0.25) is 4.79 Å². The number of benzene rings is 3. The van der Waals surface area contributed by atoms with E-state index in [0.29, 0.717) is 17.0 Å². The molecule has 1 N–H and O–H groups in total. The zero-order valence-electron chi connectivity index (χ0n) is 19.1. The van der Waals surface area contributed by atoms with Crippen LogP contribution in [0.4, 0.5) is 11.6 Å². The Bertz CT molecular complexity index is 1550. The zero-order chi connectivity index (χ0) is 23.1. The summed E-state index contributed by atoms with van der Waals surface area (Å²) in [6.07, 6.45) is 1.60. The number of rotatable bonds is 4. The fraction of sp³-hybridized carbons (Fsp3) is 0.148. The summed E-state index contributed by atoms with van der Waals surface area (Å²) in [6, 6.07) is 21.7. The molecule has 2 aromatic heterocycles. The van der Waals surface area contributed by atoms with Gasteiger partial charge in [0.25, 0.3) is 5.56 Å². The third-order valence-electron chi connectivity index (χ3n) is 6.27. The molecule has 5 aromatic rings. The maximum Gasteiger partial charge on any atom is 0.270 e. The molecule has 0 spiro atoms. The molecule has 6 heteroatoms. The van der Waals surface area contributed by atoms with Crippen LogP contribution in [0, 0.1) is 27.7 Å². The average Bonchev–Trinajstić information content (AvgIpc) is 3.24. The van der Waals surface area contributed by atoms with Gasteiger partial charge in [0.05, 0.1) is 17.6 Å². The van der Waals surface area contributed by atoms with E-state index in [2.05, 4.69) is 30.3 Å². The van der Waals surface area contributed by atoms with E-state index in [-0.39, 0.29) is 5.56 Å². The molecule has 0 radical (unpaired) electrons. The highest BCUT2D eigenvalue weighted by atomic mass is 16.1. The summed E-state index contributed by atoms with van der Waals surface area (Å²) in [6.45, 7) is 8.20. The van der Waals surface area contributed by atoms with Crippen LogP contribution < -0.4 is 10.9 Å². The summed E-state index contributed by atoms with van der Waals surface area (Å²) in [5.41, 5.74) is 7.32. The molecule has 3 aromatic carbocycles. The van der Waals surface area contributed by atoms with E-state index in [4.69, 9.17) is 4.98 Å². The Morgan fingerprint density at radius 3 is 2.24 bits per heavy atom. The Kier molecular flexibility index (Phi) is 5.05. The maximum atomic E-state index is 13.8. The lowest BCUT2D eigenvalue weighted by molar-refractivity contribution is 0.887. The third kappa shape index (κ3) is 3.49. The molecular weight excluding hydrogens is 410 g/mol. The van der Waals surface area contributed by atoms with Crippen molar-refractivity contribution in [3.63, 3.8) is 0 Å². The van der Waals surface area contributed by atoms with E-state index < -0.39 is 0 Å². The summed E-state index contributed by atoms with van der Waals surface area (Å²) < 4.78 is 3.36. The van der Waals surface area contributed by atoms with Gasteiger partial charge in [-0.15, -0.1) is 0 Å². The van der Waals surface area contributed by atoms with Crippen molar-refractivity contribution in [2.24, 2.45) is 0 Å². The molecule has 0 unspecified atom stereocenters. The number of nitrogens with one attached hydrogen (secondary N) is 1. The van der Waals surface area contributed by atoms with Crippen molar-refractivity contribution in [1.29, 1.82) is 0 Å². The Balaban J connectivity index is 1.82. The number of anilines is 2. The molecule has 0 saturated heterocycles. The Hall–Kier alpha value is -4.19. The predicted octanol–water partition coefficient (Wildman–Crippen LogP) is 5.55. The van der Waals surface area contributed by atoms with Crippen LogP contribution in [0.5, 0.6) is 0 Å². The summed E-state index contributed by atoms with van der Waals surface area (Å²) >= 11 is 0. The van der Waals surface area contributed by atoms with Gasteiger partial charge >= 0.3 is 0 Å². The molecule has 0 atom stereocenters. The van der Waals surface area contributed by atoms with Crippen LogP contribution in [-0.2, 0) is 0 Å². The van der Waals surface area contributed by atoms with Gasteiger partial charge in [-0.05, 0) is 74.2 Å². The van der Waals surface area contributed by atoms with Crippen LogP contribution in [0.3, 0.4) is 0 Å². The van der Waals surface area contributed by atoms with Crippen molar-refractivity contribution in [1.82, 2.24) is 19.3 Å². The molecule has 0 bridgehead atoms. The van der Waals surface area contributed by atoms with E-state index in [9.17, 15) is 4.79 Å². The highest BCUT2D eigenvalue weighted by molar-refractivity contribution is 5.78. The van der Waals surface area contributed by atoms with Crippen molar-refractivity contribution in [2.45, 2.75) is 27.7 Å². The lowest BCUT2D eigenvalue weighted by Crippen LogP contribution is -2.24. The first kappa shape index (κ1) is 20.7. The van der Waals surface area contributed by atoms with Crippen molar-refractivity contribution >= 4 is 22.7 Å². The first-order valence-corrected chi connectivity index (χ1v) is 10.9. The summed E-state index contributed by atoms with van der Waals surface area (Å²) in [5.74, 6) is 0.451. The topological polar surface area (TPSA) is 64.7 Å². The molecule has 164 valence electrons. The minimum atomic E-state index is -0.163. The van der Waals surface area contributed by atoms with Crippen molar-refractivity contribution in [3.05, 3.63) is 106 Å². The number of hydrogen-bond acceptors (Lipinski definition) is 4. The second-order valence-corrected chi connectivity index (χ2v) is 8.30. The number of hydrogen-bond donors (Lipinski definition) is 1. The molecule has 6 nitrogen and oxygen atoms in total. The van der Waals surface area contributed by atoms with Crippen LogP contribution in [0.15, 0.2) is 77.7 Å². The molecular formula is C27H25N5O. The number of para-hydroxylation sites is 1. The van der Waals surface area contributed by atoms with E-state index in [0.717, 1.165) is 39.3 Å². The monoisotopic (exact) mass is 435 g/mol. The molecule has 0 aliphatic carbocycles. The van der Waals surface area contributed by atoms with Crippen molar-refractivity contribution in [2.75, 3.05) is 5.32 Å². The van der Waals surface area contributed by atoms with E-state index in [1.54, 1.807) is 15.4 Å². The van der Waals surface area contributed by atoms with Gasteiger partial charge in [0, 0.05) is 5.69 Å². The van der Waals surface area contributed by atoms with Crippen LogP contribution in [0.2, 0.25) is 0 Å². The summed E-state index contributed by atoms with van der Waals surface area (Å²) in [7, 11) is 0. The predicted molar refractivity (Wildman–Crippen MR) is 133 cm³/mol. The largest absolute Gasteiger partial charge is 0.325 e. The Morgan fingerprint density at radius 1 is 0.788 bits per heavy atom.